The van der Waals surface area contributed by atoms with Gasteiger partial charge in [-0.25, -0.2) is 9.97 Å². The molecule has 1 saturated heterocycles. The van der Waals surface area contributed by atoms with Crippen molar-refractivity contribution in [2.75, 3.05) is 39.1 Å². The molecule has 2 aromatic rings. The quantitative estimate of drug-likeness (QED) is 0.850. The summed E-state index contributed by atoms with van der Waals surface area (Å²) < 4.78 is 2.38. The van der Waals surface area contributed by atoms with Gasteiger partial charge in [-0.05, 0) is 45.8 Å². The van der Waals surface area contributed by atoms with Crippen molar-refractivity contribution >= 4 is 16.9 Å². The topological polar surface area (TPSA) is 37.2 Å². The van der Waals surface area contributed by atoms with E-state index in [9.17, 15) is 0 Å². The summed E-state index contributed by atoms with van der Waals surface area (Å²) in [5.41, 5.74) is 2.35. The SMILES string of the molecule is Cc1nc(N(C)C)c2c(C)cn([C@@H]3CCCN(C)C3)c2n1. The number of likely N-dealkylation sites (N-methyl/N-ethyl adjacent to an activating group) is 1. The predicted molar refractivity (Wildman–Crippen MR) is 87.1 cm³/mol. The zero-order chi connectivity index (χ0) is 15.1. The molecule has 1 aliphatic heterocycles. The molecule has 0 N–H and O–H groups in total. The van der Waals surface area contributed by atoms with Crippen LogP contribution < -0.4 is 4.90 Å². The molecular formula is C16H25N5. The first-order valence-corrected chi connectivity index (χ1v) is 7.69. The minimum absolute atomic E-state index is 0.518. The van der Waals surface area contributed by atoms with Gasteiger partial charge in [0.05, 0.1) is 5.39 Å². The fourth-order valence-electron chi connectivity index (χ4n) is 3.39. The zero-order valence-electron chi connectivity index (χ0n) is 13.7. The van der Waals surface area contributed by atoms with Crippen LogP contribution >= 0.6 is 0 Å². The summed E-state index contributed by atoms with van der Waals surface area (Å²) >= 11 is 0. The Morgan fingerprint density at radius 3 is 2.67 bits per heavy atom. The van der Waals surface area contributed by atoms with Gasteiger partial charge in [-0.2, -0.15) is 0 Å². The summed E-state index contributed by atoms with van der Waals surface area (Å²) in [5.74, 6) is 1.87. The minimum Gasteiger partial charge on any atom is -0.362 e. The predicted octanol–water partition coefficient (Wildman–Crippen LogP) is 2.38. The van der Waals surface area contributed by atoms with Crippen LogP contribution in [-0.4, -0.2) is 53.7 Å². The van der Waals surface area contributed by atoms with Crippen molar-refractivity contribution in [3.8, 4) is 0 Å². The lowest BCUT2D eigenvalue weighted by Gasteiger charge is -2.31. The molecule has 1 aliphatic rings. The van der Waals surface area contributed by atoms with E-state index >= 15 is 0 Å². The molecular weight excluding hydrogens is 262 g/mol. The van der Waals surface area contributed by atoms with Crippen LogP contribution in [0.5, 0.6) is 0 Å². The summed E-state index contributed by atoms with van der Waals surface area (Å²) in [5, 5.41) is 1.19. The number of likely N-dealkylation sites (tertiary alicyclic amines) is 1. The van der Waals surface area contributed by atoms with Gasteiger partial charge in [-0.15, -0.1) is 0 Å². The molecule has 0 amide bonds. The Labute approximate surface area is 126 Å². The zero-order valence-corrected chi connectivity index (χ0v) is 13.7. The Morgan fingerprint density at radius 1 is 1.24 bits per heavy atom. The Bertz CT molecular complexity index is 658. The van der Waals surface area contributed by atoms with Crippen molar-refractivity contribution in [3.63, 3.8) is 0 Å². The number of aromatic nitrogens is 3. The molecule has 0 unspecified atom stereocenters. The number of piperidine rings is 1. The van der Waals surface area contributed by atoms with E-state index in [-0.39, 0.29) is 0 Å². The van der Waals surface area contributed by atoms with Crippen LogP contribution in [0, 0.1) is 13.8 Å². The average molecular weight is 287 g/mol. The first-order chi connectivity index (χ1) is 9.97. The third-order valence-corrected chi connectivity index (χ3v) is 4.37. The first-order valence-electron chi connectivity index (χ1n) is 7.69. The molecule has 5 nitrogen and oxygen atoms in total. The largest absolute Gasteiger partial charge is 0.362 e. The maximum Gasteiger partial charge on any atom is 0.146 e. The van der Waals surface area contributed by atoms with Gasteiger partial charge in [0.25, 0.3) is 0 Å². The van der Waals surface area contributed by atoms with Gasteiger partial charge in [-0.1, -0.05) is 0 Å². The Morgan fingerprint density at radius 2 is 2.00 bits per heavy atom. The molecule has 5 heteroatoms. The summed E-state index contributed by atoms with van der Waals surface area (Å²) in [6.07, 6.45) is 4.74. The molecule has 0 aliphatic carbocycles. The number of hydrogen-bond acceptors (Lipinski definition) is 4. The Balaban J connectivity index is 2.16. The van der Waals surface area contributed by atoms with Crippen molar-refractivity contribution in [3.05, 3.63) is 17.6 Å². The second-order valence-electron chi connectivity index (χ2n) is 6.47. The number of rotatable bonds is 2. The number of fused-ring (bicyclic) bond motifs is 1. The van der Waals surface area contributed by atoms with Crippen molar-refractivity contribution < 1.29 is 0 Å². The van der Waals surface area contributed by atoms with Gasteiger partial charge in [0.1, 0.15) is 17.3 Å². The smallest absolute Gasteiger partial charge is 0.146 e. The van der Waals surface area contributed by atoms with Crippen LogP contribution in [-0.2, 0) is 0 Å². The lowest BCUT2D eigenvalue weighted by atomic mass is 10.1. The highest BCUT2D eigenvalue weighted by Gasteiger charge is 2.23. The maximum absolute atomic E-state index is 4.75. The average Bonchev–Trinajstić information content (AvgIpc) is 2.75. The second kappa shape index (κ2) is 5.30. The van der Waals surface area contributed by atoms with E-state index in [1.807, 2.05) is 21.0 Å². The number of aryl methyl sites for hydroxylation is 2. The van der Waals surface area contributed by atoms with E-state index in [4.69, 9.17) is 4.98 Å². The van der Waals surface area contributed by atoms with Crippen molar-refractivity contribution in [2.24, 2.45) is 0 Å². The molecule has 3 rings (SSSR count). The Kier molecular flexibility index (Phi) is 3.61. The summed E-state index contributed by atoms with van der Waals surface area (Å²) in [6, 6.07) is 0.518. The van der Waals surface area contributed by atoms with Gasteiger partial charge in [0.15, 0.2) is 0 Å². The fourth-order valence-corrected chi connectivity index (χ4v) is 3.39. The van der Waals surface area contributed by atoms with Gasteiger partial charge in [-0.3, -0.25) is 0 Å². The van der Waals surface area contributed by atoms with Crippen molar-refractivity contribution in [2.45, 2.75) is 32.7 Å². The van der Waals surface area contributed by atoms with Crippen LogP contribution in [0.3, 0.4) is 0 Å². The molecule has 0 saturated carbocycles. The van der Waals surface area contributed by atoms with E-state index < -0.39 is 0 Å². The lowest BCUT2D eigenvalue weighted by Crippen LogP contribution is -2.33. The van der Waals surface area contributed by atoms with E-state index in [1.165, 1.54) is 30.3 Å². The highest BCUT2D eigenvalue weighted by Crippen LogP contribution is 2.32. The number of anilines is 1. The van der Waals surface area contributed by atoms with Gasteiger partial charge in [0.2, 0.25) is 0 Å². The van der Waals surface area contributed by atoms with E-state index in [1.54, 1.807) is 0 Å². The highest BCUT2D eigenvalue weighted by atomic mass is 15.2. The number of nitrogens with zero attached hydrogens (tertiary/aromatic N) is 5. The monoisotopic (exact) mass is 287 g/mol. The third-order valence-electron chi connectivity index (χ3n) is 4.37. The fraction of sp³-hybridized carbons (Fsp3) is 0.625. The second-order valence-corrected chi connectivity index (χ2v) is 6.47. The van der Waals surface area contributed by atoms with Crippen LogP contribution in [0.1, 0.15) is 30.3 Å². The molecule has 114 valence electrons. The number of hydrogen-bond donors (Lipinski definition) is 0. The first kappa shape index (κ1) is 14.3. The molecule has 21 heavy (non-hydrogen) atoms. The van der Waals surface area contributed by atoms with Gasteiger partial charge in [0, 0.05) is 32.9 Å². The maximum atomic E-state index is 4.75. The van der Waals surface area contributed by atoms with Gasteiger partial charge >= 0.3 is 0 Å². The summed E-state index contributed by atoms with van der Waals surface area (Å²) in [6.45, 7) is 6.44. The normalized spacial score (nSPS) is 20.1. The van der Waals surface area contributed by atoms with Crippen LogP contribution in [0.2, 0.25) is 0 Å². The molecule has 2 aromatic heterocycles. The molecule has 3 heterocycles. The summed E-state index contributed by atoms with van der Waals surface area (Å²) in [7, 11) is 6.30. The van der Waals surface area contributed by atoms with Crippen molar-refractivity contribution in [1.82, 2.24) is 19.4 Å². The molecule has 1 fully saturated rings. The molecule has 0 spiro atoms. The van der Waals surface area contributed by atoms with E-state index in [2.05, 4.69) is 39.5 Å². The standard InChI is InChI=1S/C16H25N5/c1-11-9-21(13-7-6-8-20(5)10-13)16-14(11)15(19(3)4)17-12(2)18-16/h9,13H,6-8,10H2,1-5H3/t13-/m1/s1. The highest BCUT2D eigenvalue weighted by molar-refractivity contribution is 5.91. The third kappa shape index (κ3) is 2.50. The van der Waals surface area contributed by atoms with Crippen LogP contribution in [0.15, 0.2) is 6.20 Å². The molecule has 1 atom stereocenters. The molecule has 0 bridgehead atoms. The minimum atomic E-state index is 0.518. The van der Waals surface area contributed by atoms with Crippen molar-refractivity contribution in [1.29, 1.82) is 0 Å². The van der Waals surface area contributed by atoms with Gasteiger partial charge < -0.3 is 14.4 Å². The molecule has 0 aromatic carbocycles. The summed E-state index contributed by atoms with van der Waals surface area (Å²) in [4.78, 5) is 13.9. The molecule has 0 radical (unpaired) electrons. The lowest BCUT2D eigenvalue weighted by molar-refractivity contribution is 0.214. The van der Waals surface area contributed by atoms with E-state index in [0.717, 1.165) is 23.8 Å². The van der Waals surface area contributed by atoms with E-state index in [0.29, 0.717) is 6.04 Å². The van der Waals surface area contributed by atoms with Crippen LogP contribution in [0.25, 0.3) is 11.0 Å². The van der Waals surface area contributed by atoms with Crippen LogP contribution in [0.4, 0.5) is 5.82 Å². The Hall–Kier alpha value is -1.62.